The minimum absolute atomic E-state index is 0.541. The first-order valence-electron chi connectivity index (χ1n) is 6.37. The Morgan fingerprint density at radius 2 is 2.22 bits per heavy atom. The van der Waals surface area contributed by atoms with Gasteiger partial charge in [-0.25, -0.2) is 4.98 Å². The molecule has 1 saturated carbocycles. The van der Waals surface area contributed by atoms with Crippen LogP contribution in [0.2, 0.25) is 0 Å². The average Bonchev–Trinajstić information content (AvgIpc) is 3.06. The van der Waals surface area contributed by atoms with Gasteiger partial charge < -0.3 is 4.90 Å². The number of alkyl halides is 1. The van der Waals surface area contributed by atoms with Gasteiger partial charge in [0, 0.05) is 30.9 Å². The molecule has 96 valence electrons. The molecule has 0 spiro atoms. The molecule has 5 nitrogen and oxygen atoms in total. The summed E-state index contributed by atoms with van der Waals surface area (Å²) < 4.78 is 1.90. The first-order valence-corrected chi connectivity index (χ1v) is 6.90. The van der Waals surface area contributed by atoms with Crippen LogP contribution in [-0.4, -0.2) is 38.0 Å². The van der Waals surface area contributed by atoms with Crippen LogP contribution in [0.15, 0.2) is 18.7 Å². The number of hydrogen-bond acceptors (Lipinski definition) is 4. The molecular formula is C12H16ClN5. The first-order chi connectivity index (χ1) is 8.90. The van der Waals surface area contributed by atoms with Crippen LogP contribution in [0, 0.1) is 0 Å². The van der Waals surface area contributed by atoms with Crippen molar-refractivity contribution in [3.05, 3.63) is 18.7 Å². The maximum Gasteiger partial charge on any atom is 0.203 e. The number of anilines is 1. The van der Waals surface area contributed by atoms with Crippen molar-refractivity contribution in [2.24, 2.45) is 0 Å². The fraction of sp³-hybridized carbons (Fsp3) is 0.583. The lowest BCUT2D eigenvalue weighted by atomic mass is 10.2. The van der Waals surface area contributed by atoms with Crippen LogP contribution in [0.4, 0.5) is 5.82 Å². The molecular weight excluding hydrogens is 250 g/mol. The summed E-state index contributed by atoms with van der Waals surface area (Å²) in [5.74, 6) is 1.51. The molecule has 0 atom stereocenters. The number of halogens is 1. The topological polar surface area (TPSA) is 46.3 Å². The maximum atomic E-state index is 5.94. The molecule has 18 heavy (non-hydrogen) atoms. The molecule has 2 heterocycles. The van der Waals surface area contributed by atoms with Crippen molar-refractivity contribution in [3.63, 3.8) is 0 Å². The molecule has 2 aromatic heterocycles. The fourth-order valence-electron chi connectivity index (χ4n) is 2.72. The van der Waals surface area contributed by atoms with Crippen LogP contribution in [0.3, 0.4) is 0 Å². The number of nitrogens with zero attached hydrogens (tertiary/aromatic N) is 5. The van der Waals surface area contributed by atoms with Gasteiger partial charge in [0.05, 0.1) is 0 Å². The molecule has 0 unspecified atom stereocenters. The zero-order valence-electron chi connectivity index (χ0n) is 10.2. The van der Waals surface area contributed by atoms with Crippen LogP contribution in [0.5, 0.6) is 0 Å². The highest BCUT2D eigenvalue weighted by atomic mass is 35.5. The number of hydrogen-bond donors (Lipinski definition) is 0. The van der Waals surface area contributed by atoms with Gasteiger partial charge >= 0.3 is 0 Å². The molecule has 0 bridgehead atoms. The molecule has 3 rings (SSSR count). The monoisotopic (exact) mass is 265 g/mol. The van der Waals surface area contributed by atoms with Gasteiger partial charge in [-0.15, -0.1) is 21.8 Å². The summed E-state index contributed by atoms with van der Waals surface area (Å²) in [6, 6.07) is 0.541. The van der Waals surface area contributed by atoms with E-state index in [-0.39, 0.29) is 0 Å². The zero-order valence-corrected chi connectivity index (χ0v) is 10.9. The Morgan fingerprint density at radius 1 is 1.39 bits per heavy atom. The van der Waals surface area contributed by atoms with Gasteiger partial charge in [-0.3, -0.25) is 4.40 Å². The smallest absolute Gasteiger partial charge is 0.203 e. The van der Waals surface area contributed by atoms with Crippen LogP contribution in [0.1, 0.15) is 25.7 Å². The Morgan fingerprint density at radius 3 is 3.00 bits per heavy atom. The number of aromatic nitrogens is 4. The second-order valence-corrected chi connectivity index (χ2v) is 5.01. The quantitative estimate of drug-likeness (QED) is 0.795. The lowest BCUT2D eigenvalue weighted by Gasteiger charge is -2.29. The predicted molar refractivity (Wildman–Crippen MR) is 71.1 cm³/mol. The Hall–Kier alpha value is -1.36. The third kappa shape index (κ3) is 2.03. The van der Waals surface area contributed by atoms with Crippen LogP contribution < -0.4 is 4.90 Å². The van der Waals surface area contributed by atoms with E-state index in [1.807, 2.05) is 10.6 Å². The van der Waals surface area contributed by atoms with E-state index < -0.39 is 0 Å². The maximum absolute atomic E-state index is 5.94. The SMILES string of the molecule is ClCCN(c1nccn2cnnc12)C1CCCC1. The highest BCUT2D eigenvalue weighted by Crippen LogP contribution is 2.28. The molecule has 1 fully saturated rings. The summed E-state index contributed by atoms with van der Waals surface area (Å²) >= 11 is 5.94. The van der Waals surface area contributed by atoms with Crippen molar-refractivity contribution in [2.75, 3.05) is 17.3 Å². The van der Waals surface area contributed by atoms with Crippen LogP contribution in [-0.2, 0) is 0 Å². The van der Waals surface area contributed by atoms with Crippen LogP contribution in [0.25, 0.3) is 5.65 Å². The van der Waals surface area contributed by atoms with E-state index in [0.29, 0.717) is 11.9 Å². The van der Waals surface area contributed by atoms with Crippen molar-refractivity contribution in [2.45, 2.75) is 31.7 Å². The molecule has 0 N–H and O–H groups in total. The van der Waals surface area contributed by atoms with Gasteiger partial charge in [-0.05, 0) is 12.8 Å². The standard InChI is InChI=1S/C12H16ClN5/c13-5-7-18(10-3-1-2-4-10)11-12-16-15-9-17(12)8-6-14-11/h6,8-10H,1-5,7H2. The molecule has 0 amide bonds. The Kier molecular flexibility index (Phi) is 3.32. The second kappa shape index (κ2) is 5.10. The molecule has 1 aliphatic carbocycles. The summed E-state index contributed by atoms with van der Waals surface area (Å²) in [5, 5.41) is 8.10. The first kappa shape index (κ1) is 11.7. The van der Waals surface area contributed by atoms with E-state index in [1.54, 1.807) is 12.5 Å². The minimum atomic E-state index is 0.541. The lowest BCUT2D eigenvalue weighted by molar-refractivity contribution is 0.614. The van der Waals surface area contributed by atoms with Gasteiger partial charge in [0.1, 0.15) is 6.33 Å². The fourth-order valence-corrected chi connectivity index (χ4v) is 2.90. The van der Waals surface area contributed by atoms with E-state index in [2.05, 4.69) is 20.1 Å². The third-order valence-electron chi connectivity index (χ3n) is 3.56. The molecule has 6 heteroatoms. The van der Waals surface area contributed by atoms with Gasteiger partial charge in [0.2, 0.25) is 5.65 Å². The molecule has 1 aliphatic rings. The summed E-state index contributed by atoms with van der Waals surface area (Å²) in [6.45, 7) is 0.811. The Bertz CT molecular complexity index is 520. The summed E-state index contributed by atoms with van der Waals surface area (Å²) in [5.41, 5.74) is 0.814. The van der Waals surface area contributed by atoms with E-state index >= 15 is 0 Å². The summed E-state index contributed by atoms with van der Waals surface area (Å²) in [4.78, 5) is 6.78. The second-order valence-electron chi connectivity index (χ2n) is 4.63. The van der Waals surface area contributed by atoms with E-state index in [0.717, 1.165) is 18.0 Å². The molecule has 0 aliphatic heterocycles. The van der Waals surface area contributed by atoms with Gasteiger partial charge in [0.25, 0.3) is 0 Å². The van der Waals surface area contributed by atoms with Gasteiger partial charge in [-0.1, -0.05) is 12.8 Å². The van der Waals surface area contributed by atoms with Crippen molar-refractivity contribution < 1.29 is 0 Å². The largest absolute Gasteiger partial charge is 0.349 e. The van der Waals surface area contributed by atoms with Crippen LogP contribution >= 0.6 is 11.6 Å². The highest BCUT2D eigenvalue weighted by Gasteiger charge is 2.25. The van der Waals surface area contributed by atoms with Crippen molar-refractivity contribution in [3.8, 4) is 0 Å². The molecule has 2 aromatic rings. The van der Waals surface area contributed by atoms with Crippen molar-refractivity contribution >= 4 is 23.1 Å². The number of rotatable bonds is 4. The van der Waals surface area contributed by atoms with E-state index in [1.165, 1.54) is 25.7 Å². The summed E-state index contributed by atoms with van der Waals surface area (Å²) in [6.07, 6.45) is 10.4. The Balaban J connectivity index is 2.00. The van der Waals surface area contributed by atoms with Crippen molar-refractivity contribution in [1.29, 1.82) is 0 Å². The normalized spacial score (nSPS) is 16.5. The number of fused-ring (bicyclic) bond motifs is 1. The van der Waals surface area contributed by atoms with E-state index in [9.17, 15) is 0 Å². The predicted octanol–water partition coefficient (Wildman–Crippen LogP) is 2.11. The summed E-state index contributed by atoms with van der Waals surface area (Å²) in [7, 11) is 0. The third-order valence-corrected chi connectivity index (χ3v) is 3.73. The zero-order chi connectivity index (χ0) is 12.4. The molecule has 0 saturated heterocycles. The Labute approximate surface area is 111 Å². The van der Waals surface area contributed by atoms with E-state index in [4.69, 9.17) is 11.6 Å². The van der Waals surface area contributed by atoms with Gasteiger partial charge in [-0.2, -0.15) is 0 Å². The van der Waals surface area contributed by atoms with Crippen molar-refractivity contribution in [1.82, 2.24) is 19.6 Å². The minimum Gasteiger partial charge on any atom is -0.349 e. The highest BCUT2D eigenvalue weighted by molar-refractivity contribution is 6.18. The average molecular weight is 266 g/mol. The molecule has 0 aromatic carbocycles. The van der Waals surface area contributed by atoms with Gasteiger partial charge in [0.15, 0.2) is 5.82 Å². The lowest BCUT2D eigenvalue weighted by Crippen LogP contribution is -2.36. The molecule has 0 radical (unpaired) electrons.